The SMILES string of the molecule is COc1ccc(C2CCCC2)c(N2CCC(Oc3ccc(N4C[C@H](OC)C[C@@H]4CC(=O)O)cc3)CC2)c1. The van der Waals surface area contributed by atoms with Gasteiger partial charge >= 0.3 is 5.97 Å². The third-order valence-electron chi connectivity index (χ3n) is 8.41. The van der Waals surface area contributed by atoms with Gasteiger partial charge in [-0.25, -0.2) is 0 Å². The van der Waals surface area contributed by atoms with E-state index in [1.54, 1.807) is 14.2 Å². The Labute approximate surface area is 220 Å². The molecule has 5 rings (SSSR count). The summed E-state index contributed by atoms with van der Waals surface area (Å²) in [5.74, 6) is 1.68. The first-order chi connectivity index (χ1) is 18.0. The van der Waals surface area contributed by atoms with Crippen LogP contribution in [0.4, 0.5) is 11.4 Å². The van der Waals surface area contributed by atoms with Gasteiger partial charge in [-0.05, 0) is 61.1 Å². The molecule has 2 aromatic rings. The molecule has 1 saturated carbocycles. The van der Waals surface area contributed by atoms with Gasteiger partial charge in [-0.1, -0.05) is 18.9 Å². The molecule has 0 bridgehead atoms. The summed E-state index contributed by atoms with van der Waals surface area (Å²) in [6, 6.07) is 14.7. The van der Waals surface area contributed by atoms with Crippen molar-refractivity contribution in [3.63, 3.8) is 0 Å². The molecule has 3 aliphatic rings. The Morgan fingerprint density at radius 3 is 2.30 bits per heavy atom. The van der Waals surface area contributed by atoms with Crippen LogP contribution in [-0.2, 0) is 9.53 Å². The molecule has 3 fully saturated rings. The molecule has 200 valence electrons. The number of methoxy groups -OCH3 is 2. The normalized spacial score (nSPS) is 23.0. The minimum Gasteiger partial charge on any atom is -0.497 e. The Balaban J connectivity index is 1.20. The lowest BCUT2D eigenvalue weighted by atomic mass is 9.94. The third-order valence-corrected chi connectivity index (χ3v) is 8.41. The quantitative estimate of drug-likeness (QED) is 0.482. The number of ether oxygens (including phenoxy) is 3. The summed E-state index contributed by atoms with van der Waals surface area (Å²) in [4.78, 5) is 16.0. The second-order valence-electron chi connectivity index (χ2n) is 10.7. The van der Waals surface area contributed by atoms with Crippen molar-refractivity contribution in [2.45, 2.75) is 75.5 Å². The summed E-state index contributed by atoms with van der Waals surface area (Å²) in [5.41, 5.74) is 3.84. The van der Waals surface area contributed by atoms with Crippen molar-refractivity contribution in [2.75, 3.05) is 43.7 Å². The molecule has 2 atom stereocenters. The molecule has 2 aliphatic heterocycles. The van der Waals surface area contributed by atoms with Crippen LogP contribution in [0.15, 0.2) is 42.5 Å². The Morgan fingerprint density at radius 1 is 0.946 bits per heavy atom. The topological polar surface area (TPSA) is 71.5 Å². The summed E-state index contributed by atoms with van der Waals surface area (Å²) < 4.78 is 17.5. The lowest BCUT2D eigenvalue weighted by Crippen LogP contribution is -2.38. The number of rotatable bonds is 9. The van der Waals surface area contributed by atoms with Crippen molar-refractivity contribution in [3.05, 3.63) is 48.0 Å². The molecule has 37 heavy (non-hydrogen) atoms. The van der Waals surface area contributed by atoms with Crippen molar-refractivity contribution >= 4 is 17.3 Å². The second-order valence-corrected chi connectivity index (χ2v) is 10.7. The van der Waals surface area contributed by atoms with Crippen molar-refractivity contribution < 1.29 is 24.1 Å². The number of piperidine rings is 1. The maximum absolute atomic E-state index is 11.3. The molecule has 0 radical (unpaired) electrons. The van der Waals surface area contributed by atoms with Crippen molar-refractivity contribution in [2.24, 2.45) is 0 Å². The van der Waals surface area contributed by atoms with E-state index < -0.39 is 5.97 Å². The summed E-state index contributed by atoms with van der Waals surface area (Å²) in [7, 11) is 3.43. The average molecular weight is 509 g/mol. The van der Waals surface area contributed by atoms with Gasteiger partial charge in [-0.2, -0.15) is 0 Å². The van der Waals surface area contributed by atoms with Gasteiger partial charge in [0.1, 0.15) is 17.6 Å². The van der Waals surface area contributed by atoms with Crippen molar-refractivity contribution in [1.29, 1.82) is 0 Å². The molecule has 0 spiro atoms. The summed E-state index contributed by atoms with van der Waals surface area (Å²) in [6.07, 6.45) is 8.28. The average Bonchev–Trinajstić information content (AvgIpc) is 3.59. The van der Waals surface area contributed by atoms with Crippen LogP contribution in [0.5, 0.6) is 11.5 Å². The fourth-order valence-electron chi connectivity index (χ4n) is 6.39. The standard InChI is InChI=1S/C30H40N2O5/c1-35-26-11-12-28(21-5-3-4-6-21)29(19-26)31-15-13-25(14-16-31)37-24-9-7-22(8-10-24)32-20-27(36-2)17-23(32)18-30(33)34/h7-12,19,21,23,25,27H,3-6,13-18,20H2,1-2H3,(H,33,34)/t23-,27-/m1/s1. The Morgan fingerprint density at radius 2 is 1.65 bits per heavy atom. The van der Waals surface area contributed by atoms with E-state index >= 15 is 0 Å². The highest BCUT2D eigenvalue weighted by Crippen LogP contribution is 2.41. The molecule has 0 amide bonds. The van der Waals surface area contributed by atoms with E-state index in [0.29, 0.717) is 12.5 Å². The predicted molar refractivity (Wildman–Crippen MR) is 145 cm³/mol. The van der Waals surface area contributed by atoms with Gasteiger partial charge in [-0.3, -0.25) is 4.79 Å². The zero-order valence-electron chi connectivity index (χ0n) is 22.1. The largest absolute Gasteiger partial charge is 0.497 e. The minimum atomic E-state index is -0.776. The molecule has 2 heterocycles. The van der Waals surface area contributed by atoms with E-state index in [1.165, 1.54) is 36.9 Å². The van der Waals surface area contributed by atoms with Crippen LogP contribution in [0.3, 0.4) is 0 Å². The van der Waals surface area contributed by atoms with Crippen LogP contribution >= 0.6 is 0 Å². The van der Waals surface area contributed by atoms with Gasteiger partial charge in [0.25, 0.3) is 0 Å². The van der Waals surface area contributed by atoms with E-state index in [1.807, 2.05) is 24.3 Å². The maximum atomic E-state index is 11.3. The van der Waals surface area contributed by atoms with Crippen LogP contribution in [0.2, 0.25) is 0 Å². The lowest BCUT2D eigenvalue weighted by Gasteiger charge is -2.36. The molecule has 1 aliphatic carbocycles. The molecule has 7 nitrogen and oxygen atoms in total. The van der Waals surface area contributed by atoms with Gasteiger partial charge in [0.05, 0.1) is 19.6 Å². The maximum Gasteiger partial charge on any atom is 0.305 e. The fourth-order valence-corrected chi connectivity index (χ4v) is 6.39. The van der Waals surface area contributed by atoms with Gasteiger partial charge < -0.3 is 29.1 Å². The van der Waals surface area contributed by atoms with Gasteiger partial charge in [0.15, 0.2) is 0 Å². The number of benzene rings is 2. The van der Waals surface area contributed by atoms with Crippen molar-refractivity contribution in [1.82, 2.24) is 0 Å². The van der Waals surface area contributed by atoms with Crippen LogP contribution in [0.1, 0.15) is 62.8 Å². The molecule has 0 unspecified atom stereocenters. The number of hydrogen-bond donors (Lipinski definition) is 1. The highest BCUT2D eigenvalue weighted by Gasteiger charge is 2.34. The molecule has 2 saturated heterocycles. The van der Waals surface area contributed by atoms with Gasteiger partial charge in [0.2, 0.25) is 0 Å². The van der Waals surface area contributed by atoms with Crippen LogP contribution in [0.25, 0.3) is 0 Å². The summed E-state index contributed by atoms with van der Waals surface area (Å²) in [6.45, 7) is 2.65. The Hall–Kier alpha value is -2.93. The van der Waals surface area contributed by atoms with E-state index in [2.05, 4.69) is 28.0 Å². The molecular weight excluding hydrogens is 468 g/mol. The minimum absolute atomic E-state index is 0.0516. The monoisotopic (exact) mass is 508 g/mol. The van der Waals surface area contributed by atoms with E-state index in [0.717, 1.165) is 49.5 Å². The summed E-state index contributed by atoms with van der Waals surface area (Å²) in [5, 5.41) is 9.31. The second kappa shape index (κ2) is 11.6. The molecule has 0 aromatic heterocycles. The lowest BCUT2D eigenvalue weighted by molar-refractivity contribution is -0.137. The number of carboxylic acid groups (broad SMARTS) is 1. The third kappa shape index (κ3) is 5.98. The number of carbonyl (C=O) groups is 1. The first kappa shape index (κ1) is 25.7. The van der Waals surface area contributed by atoms with Crippen LogP contribution in [-0.4, -0.2) is 63.2 Å². The molecule has 2 aromatic carbocycles. The summed E-state index contributed by atoms with van der Waals surface area (Å²) >= 11 is 0. The van der Waals surface area contributed by atoms with E-state index in [9.17, 15) is 9.90 Å². The van der Waals surface area contributed by atoms with E-state index in [-0.39, 0.29) is 24.7 Å². The predicted octanol–water partition coefficient (Wildman–Crippen LogP) is 5.47. The number of hydrogen-bond acceptors (Lipinski definition) is 6. The zero-order chi connectivity index (χ0) is 25.8. The van der Waals surface area contributed by atoms with Crippen molar-refractivity contribution in [3.8, 4) is 11.5 Å². The van der Waals surface area contributed by atoms with Crippen LogP contribution < -0.4 is 19.3 Å². The smallest absolute Gasteiger partial charge is 0.305 e. The van der Waals surface area contributed by atoms with Gasteiger partial charge in [-0.15, -0.1) is 0 Å². The fraction of sp³-hybridized carbons (Fsp3) is 0.567. The number of nitrogens with zero attached hydrogens (tertiary/aromatic N) is 2. The highest BCUT2D eigenvalue weighted by molar-refractivity contribution is 5.69. The first-order valence-electron chi connectivity index (χ1n) is 13.7. The van der Waals surface area contributed by atoms with Crippen LogP contribution in [0, 0.1) is 0 Å². The number of aliphatic carboxylic acids is 1. The Bertz CT molecular complexity index is 1040. The molecular formula is C30H40N2O5. The first-order valence-corrected chi connectivity index (χ1v) is 13.7. The number of carboxylic acids is 1. The molecule has 1 N–H and O–H groups in total. The Kier molecular flexibility index (Phi) is 8.08. The zero-order valence-corrected chi connectivity index (χ0v) is 22.1. The highest BCUT2D eigenvalue weighted by atomic mass is 16.5. The number of anilines is 2. The van der Waals surface area contributed by atoms with Gasteiger partial charge in [0, 0.05) is 63.1 Å². The molecule has 7 heteroatoms. The van der Waals surface area contributed by atoms with E-state index in [4.69, 9.17) is 14.2 Å².